The third kappa shape index (κ3) is 5.53. The quantitative estimate of drug-likeness (QED) is 0.461. The molecule has 12 nitrogen and oxygen atoms in total. The SMILES string of the molecule is Cn1ncc(NC(=O)Oc2nc(C3CC3)cnc2Nc2cncnc2)c1C(=O)NCC(F)F. The average Bonchev–Trinajstić information content (AvgIpc) is 3.57. The lowest BCUT2D eigenvalue weighted by Gasteiger charge is -2.12. The molecule has 1 saturated carbocycles. The Morgan fingerprint density at radius 1 is 1.21 bits per heavy atom. The van der Waals surface area contributed by atoms with E-state index in [1.54, 1.807) is 6.20 Å². The average molecular weight is 459 g/mol. The fraction of sp³-hybridized carbons (Fsp3) is 0.316. The van der Waals surface area contributed by atoms with E-state index < -0.39 is 25.0 Å². The molecule has 3 heterocycles. The number of aromatic nitrogens is 6. The fourth-order valence-corrected chi connectivity index (χ4v) is 2.89. The third-order valence-corrected chi connectivity index (χ3v) is 4.57. The van der Waals surface area contributed by atoms with E-state index in [9.17, 15) is 18.4 Å². The number of nitrogens with zero attached hydrogens (tertiary/aromatic N) is 6. The van der Waals surface area contributed by atoms with Crippen LogP contribution >= 0.6 is 0 Å². The van der Waals surface area contributed by atoms with Crippen LogP contribution in [-0.4, -0.2) is 54.7 Å². The Morgan fingerprint density at radius 3 is 2.67 bits per heavy atom. The molecular formula is C19H19F2N9O3. The first-order valence-electron chi connectivity index (χ1n) is 9.87. The van der Waals surface area contributed by atoms with Gasteiger partial charge in [0.2, 0.25) is 0 Å². The summed E-state index contributed by atoms with van der Waals surface area (Å²) in [6.45, 7) is -0.838. The first kappa shape index (κ1) is 22.0. The standard InChI is InChI=1S/C19H19F2N9O3/c1-30-15(17(31)25-8-14(20)21)13(7-26-30)29-19(32)33-18-16(27-11-4-22-9-23-5-11)24-6-12(28-18)10-2-3-10/h4-7,9-10,14H,2-3,8H2,1H3,(H,24,27)(H,25,31)(H,29,32). The highest BCUT2D eigenvalue weighted by molar-refractivity contribution is 6.01. The minimum atomic E-state index is -2.72. The summed E-state index contributed by atoms with van der Waals surface area (Å²) in [5.74, 6) is -0.508. The molecule has 1 aliphatic carbocycles. The summed E-state index contributed by atoms with van der Waals surface area (Å²) in [7, 11) is 1.43. The number of anilines is 3. The second-order valence-corrected chi connectivity index (χ2v) is 7.12. The maximum atomic E-state index is 12.6. The van der Waals surface area contributed by atoms with Crippen LogP contribution in [0.15, 0.2) is 31.1 Å². The minimum Gasteiger partial charge on any atom is -0.387 e. The summed E-state index contributed by atoms with van der Waals surface area (Å²) in [5, 5.41) is 11.3. The van der Waals surface area contributed by atoms with E-state index in [4.69, 9.17) is 4.74 Å². The van der Waals surface area contributed by atoms with Crippen molar-refractivity contribution in [3.05, 3.63) is 42.5 Å². The number of ether oxygens (including phenoxy) is 1. The zero-order chi connectivity index (χ0) is 23.4. The van der Waals surface area contributed by atoms with Gasteiger partial charge in [0.15, 0.2) is 5.82 Å². The second kappa shape index (κ2) is 9.50. The third-order valence-electron chi connectivity index (χ3n) is 4.57. The largest absolute Gasteiger partial charge is 0.418 e. The summed E-state index contributed by atoms with van der Waals surface area (Å²) in [4.78, 5) is 41.3. The monoisotopic (exact) mass is 459 g/mol. The summed E-state index contributed by atoms with van der Waals surface area (Å²) in [6.07, 6.45) is 5.41. The lowest BCUT2D eigenvalue weighted by atomic mass is 10.3. The summed E-state index contributed by atoms with van der Waals surface area (Å²) >= 11 is 0. The van der Waals surface area contributed by atoms with Crippen molar-refractivity contribution in [2.75, 3.05) is 17.2 Å². The second-order valence-electron chi connectivity index (χ2n) is 7.12. The normalized spacial score (nSPS) is 13.0. The molecule has 1 aliphatic rings. The van der Waals surface area contributed by atoms with Crippen LogP contribution in [0, 0.1) is 0 Å². The van der Waals surface area contributed by atoms with Crippen molar-refractivity contribution >= 4 is 29.2 Å². The van der Waals surface area contributed by atoms with Crippen molar-refractivity contribution in [1.29, 1.82) is 0 Å². The topological polar surface area (TPSA) is 149 Å². The highest BCUT2D eigenvalue weighted by Crippen LogP contribution is 2.40. The minimum absolute atomic E-state index is 0.0217. The summed E-state index contributed by atoms with van der Waals surface area (Å²) in [6, 6.07) is 0. The number of aryl methyl sites for hydroxylation is 1. The van der Waals surface area contributed by atoms with Gasteiger partial charge in [0.1, 0.15) is 12.0 Å². The number of alkyl halides is 2. The molecule has 4 rings (SSSR count). The number of rotatable bonds is 8. The Labute approximate surface area is 185 Å². The van der Waals surface area contributed by atoms with E-state index in [0.717, 1.165) is 17.5 Å². The zero-order valence-corrected chi connectivity index (χ0v) is 17.3. The molecule has 3 aromatic heterocycles. The van der Waals surface area contributed by atoms with Gasteiger partial charge in [-0.2, -0.15) is 5.10 Å². The van der Waals surface area contributed by atoms with Crippen LogP contribution < -0.4 is 20.7 Å². The molecule has 0 spiro atoms. The van der Waals surface area contributed by atoms with Gasteiger partial charge in [-0.3, -0.25) is 14.8 Å². The molecular weight excluding hydrogens is 440 g/mol. The summed E-state index contributed by atoms with van der Waals surface area (Å²) < 4.78 is 31.4. The van der Waals surface area contributed by atoms with Crippen LogP contribution in [0.5, 0.6) is 5.88 Å². The molecule has 0 aromatic carbocycles. The molecule has 0 atom stereocenters. The van der Waals surface area contributed by atoms with E-state index >= 15 is 0 Å². The molecule has 1 fully saturated rings. The van der Waals surface area contributed by atoms with Gasteiger partial charge < -0.3 is 15.4 Å². The van der Waals surface area contributed by atoms with Crippen LogP contribution in [0.2, 0.25) is 0 Å². The number of nitrogens with one attached hydrogen (secondary N) is 3. The number of carbonyl (C=O) groups is 2. The van der Waals surface area contributed by atoms with Crippen LogP contribution in [0.3, 0.4) is 0 Å². The smallest absolute Gasteiger partial charge is 0.387 e. The maximum Gasteiger partial charge on any atom is 0.418 e. The predicted octanol–water partition coefficient (Wildman–Crippen LogP) is 2.23. The van der Waals surface area contributed by atoms with Gasteiger partial charge in [0, 0.05) is 13.0 Å². The number of hydrogen-bond acceptors (Lipinski definition) is 9. The Kier molecular flexibility index (Phi) is 6.33. The van der Waals surface area contributed by atoms with E-state index in [-0.39, 0.29) is 29.0 Å². The Morgan fingerprint density at radius 2 is 1.97 bits per heavy atom. The first-order chi connectivity index (χ1) is 15.9. The summed E-state index contributed by atoms with van der Waals surface area (Å²) in [5.41, 5.74) is 1.04. The molecule has 14 heteroatoms. The Bertz CT molecular complexity index is 1150. The van der Waals surface area contributed by atoms with Crippen LogP contribution in [0.1, 0.15) is 34.9 Å². The van der Waals surface area contributed by atoms with Crippen molar-refractivity contribution in [3.63, 3.8) is 0 Å². The molecule has 3 N–H and O–H groups in total. The Hall–Kier alpha value is -4.23. The molecule has 172 valence electrons. The van der Waals surface area contributed by atoms with Gasteiger partial charge in [-0.05, 0) is 12.8 Å². The highest BCUT2D eigenvalue weighted by atomic mass is 19.3. The van der Waals surface area contributed by atoms with E-state index in [0.29, 0.717) is 11.4 Å². The van der Waals surface area contributed by atoms with Crippen LogP contribution in [-0.2, 0) is 7.05 Å². The van der Waals surface area contributed by atoms with Crippen molar-refractivity contribution in [2.45, 2.75) is 25.2 Å². The number of hydrogen-bond donors (Lipinski definition) is 3. The molecule has 0 unspecified atom stereocenters. The van der Waals surface area contributed by atoms with Crippen molar-refractivity contribution in [1.82, 2.24) is 35.0 Å². The molecule has 0 aliphatic heterocycles. The van der Waals surface area contributed by atoms with E-state index in [2.05, 4.69) is 41.0 Å². The van der Waals surface area contributed by atoms with E-state index in [1.165, 1.54) is 32.0 Å². The number of amides is 2. The fourth-order valence-electron chi connectivity index (χ4n) is 2.89. The highest BCUT2D eigenvalue weighted by Gasteiger charge is 2.28. The Balaban J connectivity index is 1.51. The molecule has 0 radical (unpaired) electrons. The van der Waals surface area contributed by atoms with E-state index in [1.807, 2.05) is 0 Å². The van der Waals surface area contributed by atoms with Gasteiger partial charge in [-0.1, -0.05) is 0 Å². The molecule has 3 aromatic rings. The van der Waals surface area contributed by atoms with Gasteiger partial charge in [-0.15, -0.1) is 0 Å². The first-order valence-corrected chi connectivity index (χ1v) is 9.87. The predicted molar refractivity (Wildman–Crippen MR) is 111 cm³/mol. The maximum absolute atomic E-state index is 12.6. The van der Waals surface area contributed by atoms with Crippen molar-refractivity contribution < 1.29 is 23.1 Å². The molecule has 33 heavy (non-hydrogen) atoms. The molecule has 0 bridgehead atoms. The van der Waals surface area contributed by atoms with Gasteiger partial charge >= 0.3 is 6.09 Å². The molecule has 2 amide bonds. The molecule has 0 saturated heterocycles. The number of halogens is 2. The van der Waals surface area contributed by atoms with Gasteiger partial charge in [-0.25, -0.2) is 33.5 Å². The van der Waals surface area contributed by atoms with Gasteiger partial charge in [0.25, 0.3) is 18.2 Å². The van der Waals surface area contributed by atoms with Gasteiger partial charge in [0.05, 0.1) is 48.4 Å². The van der Waals surface area contributed by atoms with Crippen LogP contribution in [0.25, 0.3) is 0 Å². The van der Waals surface area contributed by atoms with Crippen LogP contribution in [0.4, 0.5) is 30.8 Å². The lowest BCUT2D eigenvalue weighted by molar-refractivity contribution is 0.0883. The van der Waals surface area contributed by atoms with Crippen molar-refractivity contribution in [3.8, 4) is 5.88 Å². The lowest BCUT2D eigenvalue weighted by Crippen LogP contribution is -2.31. The van der Waals surface area contributed by atoms with Crippen molar-refractivity contribution in [2.24, 2.45) is 7.05 Å². The number of carbonyl (C=O) groups excluding carboxylic acids is 2. The zero-order valence-electron chi connectivity index (χ0n) is 17.3.